The average molecular weight is 345 g/mol. The van der Waals surface area contributed by atoms with Gasteiger partial charge in [0, 0.05) is 15.2 Å². The van der Waals surface area contributed by atoms with Crippen LogP contribution in [-0.4, -0.2) is 18.1 Å². The van der Waals surface area contributed by atoms with Crippen LogP contribution in [0.1, 0.15) is 17.7 Å². The summed E-state index contributed by atoms with van der Waals surface area (Å²) in [6.07, 6.45) is -3.13. The Bertz CT molecular complexity index is 412. The van der Waals surface area contributed by atoms with E-state index in [0.717, 1.165) is 7.11 Å². The van der Waals surface area contributed by atoms with Crippen molar-refractivity contribution in [2.75, 3.05) is 7.11 Å². The van der Waals surface area contributed by atoms with E-state index in [0.29, 0.717) is 6.07 Å². The molecule has 0 unspecified atom stereocenters. The molecule has 0 saturated carbocycles. The van der Waals surface area contributed by atoms with Crippen LogP contribution in [0.25, 0.3) is 0 Å². The summed E-state index contributed by atoms with van der Waals surface area (Å²) in [6, 6.07) is 0.660. The number of halogens is 4. The van der Waals surface area contributed by atoms with Crippen molar-refractivity contribution in [3.05, 3.63) is 26.8 Å². The summed E-state index contributed by atoms with van der Waals surface area (Å²) in [7, 11) is 1.16. The number of carbonyl (C=O) groups is 1. The zero-order valence-corrected chi connectivity index (χ0v) is 10.3. The van der Waals surface area contributed by atoms with Gasteiger partial charge in [-0.05, 0) is 22.6 Å². The summed E-state index contributed by atoms with van der Waals surface area (Å²) in [5, 5.41) is 0. The first kappa shape index (κ1) is 13.2. The monoisotopic (exact) mass is 345 g/mol. The van der Waals surface area contributed by atoms with E-state index in [9.17, 15) is 18.0 Å². The second-order valence-corrected chi connectivity index (χ2v) is 3.93. The fourth-order valence-corrected chi connectivity index (χ4v) is 1.76. The van der Waals surface area contributed by atoms with Crippen LogP contribution in [0.15, 0.2) is 6.07 Å². The normalized spacial score (nSPS) is 10.6. The van der Waals surface area contributed by atoms with E-state index >= 15 is 0 Å². The molecule has 0 aliphatic carbocycles. The van der Waals surface area contributed by atoms with Crippen LogP contribution in [-0.2, 0) is 16.0 Å². The maximum absolute atomic E-state index is 12.9. The number of pyridine rings is 1. The second-order valence-electron chi connectivity index (χ2n) is 2.85. The molecule has 0 fully saturated rings. The van der Waals surface area contributed by atoms with Gasteiger partial charge in [-0.1, -0.05) is 0 Å². The van der Waals surface area contributed by atoms with Crippen molar-refractivity contribution in [1.82, 2.24) is 4.98 Å². The minimum atomic E-state index is -2.80. The van der Waals surface area contributed by atoms with Crippen molar-refractivity contribution in [2.45, 2.75) is 12.8 Å². The van der Waals surface area contributed by atoms with Gasteiger partial charge in [0.05, 0.1) is 19.2 Å². The summed E-state index contributed by atoms with van der Waals surface area (Å²) in [5.41, 5.74) is -0.505. The fourth-order valence-electron chi connectivity index (χ4n) is 1.05. The van der Waals surface area contributed by atoms with Gasteiger partial charge >= 0.3 is 5.97 Å². The molecule has 0 spiro atoms. The lowest BCUT2D eigenvalue weighted by molar-refractivity contribution is -0.139. The number of rotatable bonds is 3. The number of nitrogens with zero attached hydrogens (tertiary/aromatic N) is 1. The maximum Gasteiger partial charge on any atom is 0.311 e. The molecular formula is C9H7F3INO2. The summed E-state index contributed by atoms with van der Waals surface area (Å²) in [5.74, 6) is -1.69. The smallest absolute Gasteiger partial charge is 0.311 e. The summed E-state index contributed by atoms with van der Waals surface area (Å²) in [6.45, 7) is 0. The van der Waals surface area contributed by atoms with Gasteiger partial charge in [0.1, 0.15) is 0 Å². The number of methoxy groups -OCH3 is 1. The maximum atomic E-state index is 12.9. The number of ether oxygens (including phenoxy) is 1. The van der Waals surface area contributed by atoms with Gasteiger partial charge in [0.2, 0.25) is 5.95 Å². The second kappa shape index (κ2) is 5.46. The molecule has 0 radical (unpaired) electrons. The van der Waals surface area contributed by atoms with E-state index in [2.05, 4.69) is 9.72 Å². The van der Waals surface area contributed by atoms with Crippen molar-refractivity contribution in [2.24, 2.45) is 0 Å². The molecule has 0 saturated heterocycles. The van der Waals surface area contributed by atoms with Gasteiger partial charge in [-0.2, -0.15) is 4.39 Å². The number of alkyl halides is 2. The summed E-state index contributed by atoms with van der Waals surface area (Å²) in [4.78, 5) is 14.3. The largest absolute Gasteiger partial charge is 0.469 e. The number of esters is 1. The highest BCUT2D eigenvalue weighted by Crippen LogP contribution is 2.27. The fraction of sp³-hybridized carbons (Fsp3) is 0.333. The Kier molecular flexibility index (Phi) is 4.51. The predicted octanol–water partition coefficient (Wildman–Crippen LogP) is 2.48. The molecule has 0 aliphatic heterocycles. The number of hydrogen-bond acceptors (Lipinski definition) is 3. The Morgan fingerprint density at radius 1 is 1.62 bits per heavy atom. The van der Waals surface area contributed by atoms with E-state index in [-0.39, 0.29) is 15.7 Å². The molecular weight excluding hydrogens is 338 g/mol. The molecule has 0 amide bonds. The standard InChI is InChI=1S/C9H7F3INO2/c1-16-7(15)3-5-8(13)4(9(11)12)2-6(10)14-5/h2,9H,3H2,1H3. The predicted molar refractivity (Wildman–Crippen MR) is 57.6 cm³/mol. The van der Waals surface area contributed by atoms with Crippen molar-refractivity contribution in [3.63, 3.8) is 0 Å². The first-order valence-corrected chi connectivity index (χ1v) is 5.23. The Balaban J connectivity index is 3.14. The molecule has 16 heavy (non-hydrogen) atoms. The molecule has 7 heteroatoms. The van der Waals surface area contributed by atoms with Gasteiger partial charge in [-0.15, -0.1) is 0 Å². The minimum Gasteiger partial charge on any atom is -0.469 e. The first-order valence-electron chi connectivity index (χ1n) is 4.15. The van der Waals surface area contributed by atoms with E-state index in [1.165, 1.54) is 0 Å². The third kappa shape index (κ3) is 3.06. The van der Waals surface area contributed by atoms with Crippen LogP contribution in [0.3, 0.4) is 0 Å². The lowest BCUT2D eigenvalue weighted by atomic mass is 10.2. The lowest BCUT2D eigenvalue weighted by Crippen LogP contribution is -2.10. The van der Waals surface area contributed by atoms with Crippen LogP contribution in [0.2, 0.25) is 0 Å². The zero-order chi connectivity index (χ0) is 12.3. The van der Waals surface area contributed by atoms with Crippen molar-refractivity contribution in [1.29, 1.82) is 0 Å². The average Bonchev–Trinajstić information content (AvgIpc) is 2.22. The zero-order valence-electron chi connectivity index (χ0n) is 8.14. The van der Waals surface area contributed by atoms with Crippen LogP contribution in [0, 0.1) is 9.52 Å². The summed E-state index contributed by atoms with van der Waals surface area (Å²) >= 11 is 1.61. The third-order valence-corrected chi connectivity index (χ3v) is 3.04. The minimum absolute atomic E-state index is 0.0391. The first-order chi connectivity index (χ1) is 7.45. The molecule has 1 aromatic rings. The van der Waals surface area contributed by atoms with E-state index < -0.39 is 23.9 Å². The number of hydrogen-bond donors (Lipinski definition) is 0. The molecule has 0 N–H and O–H groups in total. The van der Waals surface area contributed by atoms with Gasteiger partial charge in [0.15, 0.2) is 0 Å². The molecule has 1 rings (SSSR count). The topological polar surface area (TPSA) is 39.2 Å². The number of carbonyl (C=O) groups excluding carboxylic acids is 1. The van der Waals surface area contributed by atoms with Crippen LogP contribution >= 0.6 is 22.6 Å². The molecule has 1 aromatic heterocycles. The van der Waals surface area contributed by atoms with Crippen LogP contribution < -0.4 is 0 Å². The molecule has 1 heterocycles. The van der Waals surface area contributed by atoms with Gasteiger partial charge in [-0.3, -0.25) is 4.79 Å². The Labute approximate surface area is 103 Å². The lowest BCUT2D eigenvalue weighted by Gasteiger charge is -2.08. The molecule has 88 valence electrons. The highest BCUT2D eigenvalue weighted by Gasteiger charge is 2.19. The van der Waals surface area contributed by atoms with Gasteiger partial charge in [-0.25, -0.2) is 13.8 Å². The highest BCUT2D eigenvalue weighted by atomic mass is 127. The van der Waals surface area contributed by atoms with Crippen LogP contribution in [0.5, 0.6) is 0 Å². The quantitative estimate of drug-likeness (QED) is 0.480. The van der Waals surface area contributed by atoms with Gasteiger partial charge < -0.3 is 4.74 Å². The Hall–Kier alpha value is -0.860. The van der Waals surface area contributed by atoms with Crippen molar-refractivity contribution >= 4 is 28.6 Å². The third-order valence-electron chi connectivity index (χ3n) is 1.80. The molecule has 0 bridgehead atoms. The van der Waals surface area contributed by atoms with Crippen LogP contribution in [0.4, 0.5) is 13.2 Å². The SMILES string of the molecule is COC(=O)Cc1nc(F)cc(C(F)F)c1I. The van der Waals surface area contributed by atoms with E-state index in [1.807, 2.05) is 0 Å². The van der Waals surface area contributed by atoms with Crippen molar-refractivity contribution in [3.8, 4) is 0 Å². The highest BCUT2D eigenvalue weighted by molar-refractivity contribution is 14.1. The van der Waals surface area contributed by atoms with E-state index in [4.69, 9.17) is 0 Å². The number of aromatic nitrogens is 1. The Morgan fingerprint density at radius 3 is 2.75 bits per heavy atom. The summed E-state index contributed by atoms with van der Waals surface area (Å²) < 4.78 is 42.3. The molecule has 0 aliphatic rings. The van der Waals surface area contributed by atoms with Crippen molar-refractivity contribution < 1.29 is 22.7 Å². The van der Waals surface area contributed by atoms with Gasteiger partial charge in [0.25, 0.3) is 6.43 Å². The Morgan fingerprint density at radius 2 is 2.25 bits per heavy atom. The molecule has 3 nitrogen and oxygen atoms in total. The van der Waals surface area contributed by atoms with E-state index in [1.54, 1.807) is 22.6 Å². The molecule has 0 aromatic carbocycles. The molecule has 0 atom stereocenters.